The van der Waals surface area contributed by atoms with Crippen LogP contribution in [-0.4, -0.2) is 99.1 Å². The molecule has 2 aliphatic rings. The summed E-state index contributed by atoms with van der Waals surface area (Å²) in [4.78, 5) is 78.1. The molecule has 7 rings (SSSR count). The highest BCUT2D eigenvalue weighted by atomic mass is 32.1. The normalized spacial score (nSPS) is 18.5. The lowest BCUT2D eigenvalue weighted by atomic mass is 10.0. The van der Waals surface area contributed by atoms with Crippen LogP contribution in [0.15, 0.2) is 42.7 Å². The number of amides is 4. The van der Waals surface area contributed by atoms with E-state index < -0.39 is 24.3 Å². The third kappa shape index (κ3) is 7.27. The van der Waals surface area contributed by atoms with Crippen molar-refractivity contribution in [1.82, 2.24) is 50.3 Å². The fourth-order valence-corrected chi connectivity index (χ4v) is 8.38. The Morgan fingerprint density at radius 3 is 1.89 bits per heavy atom. The fraction of sp³-hybridized carbons (Fsp3) is 0.432. The highest BCUT2D eigenvalue weighted by Crippen LogP contribution is 2.37. The van der Waals surface area contributed by atoms with Gasteiger partial charge in [-0.05, 0) is 54.7 Å². The van der Waals surface area contributed by atoms with Crippen LogP contribution in [0.2, 0.25) is 0 Å². The summed E-state index contributed by atoms with van der Waals surface area (Å²) in [5.41, 5.74) is 5.13. The molecule has 4 atom stereocenters. The number of fused-ring (bicyclic) bond motifs is 1. The zero-order valence-corrected chi connectivity index (χ0v) is 31.2. The number of likely N-dealkylation sites (tertiary alicyclic amines) is 2. The number of carboxylic acid groups (broad SMARTS) is 2. The Hall–Kier alpha value is -5.71. The van der Waals surface area contributed by atoms with Crippen LogP contribution in [0, 0.1) is 11.8 Å². The van der Waals surface area contributed by atoms with Crippen LogP contribution in [0.1, 0.15) is 77.1 Å². The van der Waals surface area contributed by atoms with Crippen LogP contribution < -0.4 is 10.6 Å². The molecule has 5 aromatic rings. The lowest BCUT2D eigenvalue weighted by molar-refractivity contribution is -0.136. The van der Waals surface area contributed by atoms with Crippen LogP contribution >= 0.6 is 11.3 Å². The minimum atomic E-state index is -1.22. The number of rotatable bonds is 11. The van der Waals surface area contributed by atoms with E-state index in [1.54, 1.807) is 22.2 Å². The van der Waals surface area contributed by atoms with Gasteiger partial charge < -0.3 is 45.6 Å². The van der Waals surface area contributed by atoms with Gasteiger partial charge in [-0.1, -0.05) is 63.3 Å². The number of imidazole rings is 2. The van der Waals surface area contributed by atoms with E-state index in [1.807, 2.05) is 58.0 Å². The molecule has 0 saturated carbocycles. The summed E-state index contributed by atoms with van der Waals surface area (Å²) in [5.74, 6) is 0.451. The van der Waals surface area contributed by atoms with Crippen molar-refractivity contribution >= 4 is 45.7 Å². The summed E-state index contributed by atoms with van der Waals surface area (Å²) in [6, 6.07) is 7.87. The average molecular weight is 757 g/mol. The first-order chi connectivity index (χ1) is 25.9. The number of aromatic nitrogens is 6. The van der Waals surface area contributed by atoms with Crippen molar-refractivity contribution in [2.45, 2.75) is 77.5 Å². The predicted molar refractivity (Wildman–Crippen MR) is 202 cm³/mol. The molecule has 0 bridgehead atoms. The van der Waals surface area contributed by atoms with Gasteiger partial charge in [0.1, 0.15) is 44.8 Å². The van der Waals surface area contributed by atoms with Crippen molar-refractivity contribution in [3.05, 3.63) is 54.4 Å². The van der Waals surface area contributed by atoms with E-state index in [9.17, 15) is 29.4 Å². The number of H-pyrrole nitrogens is 3. The second-order valence-electron chi connectivity index (χ2n) is 14.6. The third-order valence-electron chi connectivity index (χ3n) is 10.2. The van der Waals surface area contributed by atoms with Crippen molar-refractivity contribution in [1.29, 1.82) is 0 Å². The van der Waals surface area contributed by atoms with Crippen molar-refractivity contribution in [3.8, 4) is 33.2 Å². The van der Waals surface area contributed by atoms with Gasteiger partial charge in [-0.3, -0.25) is 9.59 Å². The van der Waals surface area contributed by atoms with Crippen LogP contribution in [-0.2, 0) is 9.59 Å². The lowest BCUT2D eigenvalue weighted by Crippen LogP contribution is -2.50. The molecule has 284 valence electrons. The quantitative estimate of drug-likeness (QED) is 0.0840. The van der Waals surface area contributed by atoms with Gasteiger partial charge in [-0.2, -0.15) is 0 Å². The number of hydrogen-bond donors (Lipinski definition) is 7. The SMILES string of the molecule is CC(C)[C@H](NC(=O)O)C(=O)N1CCCC1c1nc(-c2nc3cc(-c4ccc(-c5cnc([C@@H]6CCCN6C(=O)[C@@H](NC(=O)O)C(C)C)[nH]5)cc4)[nH]c3s2)c[nH]1. The van der Waals surface area contributed by atoms with Crippen molar-refractivity contribution in [2.75, 3.05) is 13.1 Å². The van der Waals surface area contributed by atoms with E-state index in [4.69, 9.17) is 9.97 Å². The van der Waals surface area contributed by atoms with Crippen molar-refractivity contribution < 1.29 is 29.4 Å². The van der Waals surface area contributed by atoms with Crippen LogP contribution in [0.5, 0.6) is 0 Å². The van der Waals surface area contributed by atoms with E-state index >= 15 is 0 Å². The molecule has 1 unspecified atom stereocenters. The van der Waals surface area contributed by atoms with E-state index in [-0.39, 0.29) is 35.7 Å². The molecule has 2 saturated heterocycles. The molecule has 0 radical (unpaired) electrons. The molecule has 0 aliphatic carbocycles. The molecule has 4 aromatic heterocycles. The highest BCUT2D eigenvalue weighted by molar-refractivity contribution is 7.21. The average Bonchev–Trinajstić information content (AvgIpc) is 3.98. The Balaban J connectivity index is 1.02. The third-order valence-corrected chi connectivity index (χ3v) is 11.2. The van der Waals surface area contributed by atoms with Crippen LogP contribution in [0.25, 0.3) is 43.6 Å². The predicted octanol–water partition coefficient (Wildman–Crippen LogP) is 5.98. The molecule has 1 aromatic carbocycles. The van der Waals surface area contributed by atoms with E-state index in [0.717, 1.165) is 63.6 Å². The Kier molecular flexibility index (Phi) is 10.2. The zero-order valence-electron chi connectivity index (χ0n) is 30.4. The van der Waals surface area contributed by atoms with E-state index in [2.05, 4.69) is 30.6 Å². The maximum absolute atomic E-state index is 13.4. The summed E-state index contributed by atoms with van der Waals surface area (Å²) in [6.45, 7) is 8.37. The molecule has 6 heterocycles. The minimum Gasteiger partial charge on any atom is -0.465 e. The lowest BCUT2D eigenvalue weighted by Gasteiger charge is -2.29. The molecule has 17 heteroatoms. The minimum absolute atomic E-state index is 0.193. The van der Waals surface area contributed by atoms with Gasteiger partial charge in [-0.15, -0.1) is 0 Å². The number of benzene rings is 1. The molecule has 54 heavy (non-hydrogen) atoms. The second kappa shape index (κ2) is 15.0. The summed E-state index contributed by atoms with van der Waals surface area (Å²) < 4.78 is 0. The zero-order chi connectivity index (χ0) is 38.3. The van der Waals surface area contributed by atoms with E-state index in [0.29, 0.717) is 30.4 Å². The van der Waals surface area contributed by atoms with Crippen LogP contribution in [0.3, 0.4) is 0 Å². The molecule has 7 N–H and O–H groups in total. The summed E-state index contributed by atoms with van der Waals surface area (Å²) in [5, 5.41) is 24.0. The monoisotopic (exact) mass is 756 g/mol. The number of nitrogens with one attached hydrogen (secondary N) is 5. The molecule has 4 amide bonds. The number of carbonyl (C=O) groups excluding carboxylic acids is 2. The van der Waals surface area contributed by atoms with Gasteiger partial charge in [0.25, 0.3) is 0 Å². The van der Waals surface area contributed by atoms with Gasteiger partial charge >= 0.3 is 12.2 Å². The molecular weight excluding hydrogens is 713 g/mol. The van der Waals surface area contributed by atoms with Gasteiger partial charge in [0.15, 0.2) is 0 Å². The number of carbonyl (C=O) groups is 4. The number of aromatic amines is 3. The number of nitrogens with zero attached hydrogens (tertiary/aromatic N) is 5. The van der Waals surface area contributed by atoms with Gasteiger partial charge in [0.05, 0.1) is 24.0 Å². The molecule has 2 fully saturated rings. The second-order valence-corrected chi connectivity index (χ2v) is 15.6. The first kappa shape index (κ1) is 36.6. The molecule has 16 nitrogen and oxygen atoms in total. The maximum atomic E-state index is 13.4. The summed E-state index contributed by atoms with van der Waals surface area (Å²) in [6.07, 6.45) is 4.19. The Labute approximate surface area is 314 Å². The number of thiazole rings is 1. The first-order valence-corrected chi connectivity index (χ1v) is 19.0. The van der Waals surface area contributed by atoms with Gasteiger partial charge in [0.2, 0.25) is 11.8 Å². The fourth-order valence-electron chi connectivity index (χ4n) is 7.46. The summed E-state index contributed by atoms with van der Waals surface area (Å²) >= 11 is 1.49. The number of hydrogen-bond acceptors (Lipinski definition) is 8. The van der Waals surface area contributed by atoms with Crippen LogP contribution in [0.4, 0.5) is 9.59 Å². The molecule has 0 spiro atoms. The Bertz CT molecular complexity index is 2140. The maximum Gasteiger partial charge on any atom is 0.405 e. The van der Waals surface area contributed by atoms with Gasteiger partial charge in [-0.25, -0.2) is 24.5 Å². The van der Waals surface area contributed by atoms with Crippen molar-refractivity contribution in [2.24, 2.45) is 11.8 Å². The van der Waals surface area contributed by atoms with Gasteiger partial charge in [0, 0.05) is 25.0 Å². The summed E-state index contributed by atoms with van der Waals surface area (Å²) in [7, 11) is 0. The Morgan fingerprint density at radius 2 is 1.35 bits per heavy atom. The van der Waals surface area contributed by atoms with Crippen molar-refractivity contribution in [3.63, 3.8) is 0 Å². The smallest absolute Gasteiger partial charge is 0.405 e. The molecule has 2 aliphatic heterocycles. The molecular formula is C37H44N10O6S. The van der Waals surface area contributed by atoms with E-state index in [1.165, 1.54) is 11.3 Å². The standard InChI is InChI=1S/C37H44N10O6S/c1-18(2)28(44-36(50)51)34(48)46-13-5-7-26(46)30-38-16-24(40-30)21-11-9-20(10-12-21)22-15-23-32(42-22)54-33(43-23)25-17-39-31(41-25)27-8-6-14-47(27)35(49)29(19(3)4)45-37(52)53/h9-12,15-19,26-29,42,44-45H,5-8,13-14H2,1-4H3,(H,38,40)(H,39,41)(H,50,51)(H,52,53)/t26-,27?,28-,29-/m0/s1. The largest absolute Gasteiger partial charge is 0.465 e. The topological polar surface area (TPSA) is 225 Å². The highest BCUT2D eigenvalue weighted by Gasteiger charge is 2.39. The first-order valence-electron chi connectivity index (χ1n) is 18.2. The Morgan fingerprint density at radius 1 is 0.796 bits per heavy atom.